The van der Waals surface area contributed by atoms with Crippen LogP contribution in [0.4, 0.5) is 11.4 Å². The van der Waals surface area contributed by atoms with Crippen LogP contribution in [0.1, 0.15) is 26.5 Å². The number of benzene rings is 2. The van der Waals surface area contributed by atoms with E-state index in [2.05, 4.69) is 15.8 Å². The molecule has 8 nitrogen and oxygen atoms in total. The third kappa shape index (κ3) is 6.28. The highest BCUT2D eigenvalue weighted by Gasteiger charge is 2.27. The van der Waals surface area contributed by atoms with Gasteiger partial charge in [0.15, 0.2) is 11.9 Å². The van der Waals surface area contributed by atoms with Gasteiger partial charge < -0.3 is 19.9 Å². The van der Waals surface area contributed by atoms with Crippen LogP contribution in [0.15, 0.2) is 65.2 Å². The summed E-state index contributed by atoms with van der Waals surface area (Å²) in [5, 5.41) is 9.30. The van der Waals surface area contributed by atoms with Crippen LogP contribution in [0, 0.1) is 5.92 Å². The van der Waals surface area contributed by atoms with Gasteiger partial charge in [-0.3, -0.25) is 14.4 Å². The SMILES string of the molecule is CC(=O)Nc1cccc(NC(=O)C(OC(=O)Cc2cc(-c3ccccc3)on2)C(C)C)c1. The first-order valence-corrected chi connectivity index (χ1v) is 10.2. The van der Waals surface area contributed by atoms with E-state index in [-0.39, 0.29) is 18.2 Å². The minimum absolute atomic E-state index is 0.120. The number of aromatic nitrogens is 1. The summed E-state index contributed by atoms with van der Waals surface area (Å²) in [5.74, 6) is -0.969. The molecule has 1 heterocycles. The number of ether oxygens (including phenoxy) is 1. The highest BCUT2D eigenvalue weighted by molar-refractivity contribution is 5.96. The number of esters is 1. The van der Waals surface area contributed by atoms with Crippen molar-refractivity contribution in [3.05, 3.63) is 66.4 Å². The molecule has 166 valence electrons. The molecule has 3 aromatic rings. The molecule has 0 radical (unpaired) electrons. The summed E-state index contributed by atoms with van der Waals surface area (Å²) in [6.07, 6.45) is -1.11. The van der Waals surface area contributed by atoms with Crippen molar-refractivity contribution in [2.45, 2.75) is 33.3 Å². The Hall–Kier alpha value is -3.94. The molecule has 0 aliphatic heterocycles. The second-order valence-corrected chi connectivity index (χ2v) is 7.63. The Morgan fingerprint density at radius 1 is 0.969 bits per heavy atom. The summed E-state index contributed by atoms with van der Waals surface area (Å²) < 4.78 is 10.8. The second-order valence-electron chi connectivity index (χ2n) is 7.63. The topological polar surface area (TPSA) is 111 Å². The zero-order valence-electron chi connectivity index (χ0n) is 18.1. The molecule has 1 unspecified atom stereocenters. The predicted molar refractivity (Wildman–Crippen MR) is 120 cm³/mol. The van der Waals surface area contributed by atoms with E-state index < -0.39 is 18.0 Å². The normalized spacial score (nSPS) is 11.6. The summed E-state index contributed by atoms with van der Waals surface area (Å²) in [6.45, 7) is 4.97. The van der Waals surface area contributed by atoms with E-state index in [1.54, 1.807) is 44.2 Å². The van der Waals surface area contributed by atoms with Gasteiger partial charge in [-0.15, -0.1) is 0 Å². The zero-order chi connectivity index (χ0) is 23.1. The van der Waals surface area contributed by atoms with Crippen LogP contribution in [-0.2, 0) is 25.5 Å². The average Bonchev–Trinajstić information content (AvgIpc) is 3.20. The van der Waals surface area contributed by atoms with Crippen molar-refractivity contribution in [2.24, 2.45) is 5.92 Å². The Morgan fingerprint density at radius 2 is 1.66 bits per heavy atom. The summed E-state index contributed by atoms with van der Waals surface area (Å²) in [6, 6.07) is 17.8. The van der Waals surface area contributed by atoms with Gasteiger partial charge in [0.1, 0.15) is 0 Å². The van der Waals surface area contributed by atoms with Gasteiger partial charge in [0.05, 0.1) is 12.1 Å². The maximum absolute atomic E-state index is 12.8. The van der Waals surface area contributed by atoms with Crippen LogP contribution >= 0.6 is 0 Å². The molecule has 3 rings (SSSR count). The molecule has 0 bridgehead atoms. The summed E-state index contributed by atoms with van der Waals surface area (Å²) in [4.78, 5) is 36.5. The van der Waals surface area contributed by atoms with Crippen molar-refractivity contribution in [3.63, 3.8) is 0 Å². The van der Waals surface area contributed by atoms with Gasteiger partial charge in [-0.05, 0) is 24.1 Å². The maximum atomic E-state index is 12.8. The van der Waals surface area contributed by atoms with E-state index in [4.69, 9.17) is 9.26 Å². The fourth-order valence-corrected chi connectivity index (χ4v) is 3.05. The standard InChI is InChI=1S/C24H25N3O5/c1-15(2)23(24(30)26-19-11-7-10-18(12-19)25-16(3)28)31-22(29)14-20-13-21(32-27-20)17-8-5-4-6-9-17/h4-13,15,23H,14H2,1-3H3,(H,25,28)(H,26,30). The lowest BCUT2D eigenvalue weighted by atomic mass is 10.1. The van der Waals surface area contributed by atoms with E-state index >= 15 is 0 Å². The average molecular weight is 435 g/mol. The van der Waals surface area contributed by atoms with E-state index in [9.17, 15) is 14.4 Å². The molecule has 1 aromatic heterocycles. The Bertz CT molecular complexity index is 1090. The lowest BCUT2D eigenvalue weighted by molar-refractivity contribution is -0.156. The number of hydrogen-bond acceptors (Lipinski definition) is 6. The van der Waals surface area contributed by atoms with Crippen LogP contribution in [0.3, 0.4) is 0 Å². The maximum Gasteiger partial charge on any atom is 0.312 e. The molecule has 0 saturated heterocycles. The zero-order valence-corrected chi connectivity index (χ0v) is 18.1. The smallest absolute Gasteiger partial charge is 0.312 e. The molecular weight excluding hydrogens is 410 g/mol. The Kier molecular flexibility index (Phi) is 7.38. The molecule has 2 aromatic carbocycles. The molecule has 0 saturated carbocycles. The van der Waals surface area contributed by atoms with Crippen LogP contribution in [0.2, 0.25) is 0 Å². The summed E-state index contributed by atoms with van der Waals surface area (Å²) in [7, 11) is 0. The number of nitrogens with zero attached hydrogens (tertiary/aromatic N) is 1. The molecule has 0 aliphatic carbocycles. The summed E-state index contributed by atoms with van der Waals surface area (Å²) in [5.41, 5.74) is 2.29. The quantitative estimate of drug-likeness (QED) is 0.517. The van der Waals surface area contributed by atoms with Crippen LogP contribution < -0.4 is 10.6 Å². The van der Waals surface area contributed by atoms with Crippen molar-refractivity contribution in [1.29, 1.82) is 0 Å². The first kappa shape index (κ1) is 22.7. The Labute approximate surface area is 185 Å². The molecule has 32 heavy (non-hydrogen) atoms. The highest BCUT2D eigenvalue weighted by atomic mass is 16.5. The van der Waals surface area contributed by atoms with Crippen LogP contribution in [-0.4, -0.2) is 29.0 Å². The Morgan fingerprint density at radius 3 is 2.31 bits per heavy atom. The number of nitrogens with one attached hydrogen (secondary N) is 2. The van der Waals surface area contributed by atoms with Gasteiger partial charge >= 0.3 is 5.97 Å². The molecule has 2 N–H and O–H groups in total. The molecule has 0 fully saturated rings. The first-order valence-electron chi connectivity index (χ1n) is 10.2. The molecule has 0 spiro atoms. The molecular formula is C24H25N3O5. The van der Waals surface area contributed by atoms with Gasteiger partial charge in [0.2, 0.25) is 5.91 Å². The highest BCUT2D eigenvalue weighted by Crippen LogP contribution is 2.21. The minimum atomic E-state index is -0.993. The number of anilines is 2. The number of hydrogen-bond donors (Lipinski definition) is 2. The van der Waals surface area contributed by atoms with E-state index in [1.165, 1.54) is 6.92 Å². The summed E-state index contributed by atoms with van der Waals surface area (Å²) >= 11 is 0. The van der Waals surface area contributed by atoms with Gasteiger partial charge in [0.25, 0.3) is 5.91 Å². The van der Waals surface area contributed by atoms with Crippen molar-refractivity contribution in [2.75, 3.05) is 10.6 Å². The molecule has 1 atom stereocenters. The fourth-order valence-electron chi connectivity index (χ4n) is 3.05. The number of amides is 2. The van der Waals surface area contributed by atoms with Crippen LogP contribution in [0.5, 0.6) is 0 Å². The van der Waals surface area contributed by atoms with Crippen molar-refractivity contribution >= 4 is 29.2 Å². The van der Waals surface area contributed by atoms with Gasteiger partial charge in [-0.1, -0.05) is 55.4 Å². The molecule has 2 amide bonds. The van der Waals surface area contributed by atoms with Crippen molar-refractivity contribution in [1.82, 2.24) is 5.16 Å². The number of carbonyl (C=O) groups is 3. The van der Waals surface area contributed by atoms with Gasteiger partial charge in [0, 0.05) is 29.9 Å². The number of rotatable bonds is 8. The van der Waals surface area contributed by atoms with E-state index in [0.29, 0.717) is 22.8 Å². The van der Waals surface area contributed by atoms with Crippen molar-refractivity contribution in [3.8, 4) is 11.3 Å². The van der Waals surface area contributed by atoms with E-state index in [0.717, 1.165) is 5.56 Å². The fraction of sp³-hybridized carbons (Fsp3) is 0.250. The third-order valence-corrected chi connectivity index (χ3v) is 4.52. The van der Waals surface area contributed by atoms with Gasteiger partial charge in [-0.2, -0.15) is 0 Å². The Balaban J connectivity index is 1.62. The van der Waals surface area contributed by atoms with E-state index in [1.807, 2.05) is 30.3 Å². The lowest BCUT2D eigenvalue weighted by Crippen LogP contribution is -2.37. The monoisotopic (exact) mass is 435 g/mol. The third-order valence-electron chi connectivity index (χ3n) is 4.52. The van der Waals surface area contributed by atoms with Gasteiger partial charge in [-0.25, -0.2) is 0 Å². The largest absolute Gasteiger partial charge is 0.452 e. The first-order chi connectivity index (χ1) is 15.3. The predicted octanol–water partition coefficient (Wildman–Crippen LogP) is 4.05. The lowest BCUT2D eigenvalue weighted by Gasteiger charge is -2.20. The van der Waals surface area contributed by atoms with Crippen molar-refractivity contribution < 1.29 is 23.6 Å². The van der Waals surface area contributed by atoms with Crippen LogP contribution in [0.25, 0.3) is 11.3 Å². The molecule has 8 heteroatoms. The number of carbonyl (C=O) groups excluding carboxylic acids is 3. The molecule has 0 aliphatic rings. The minimum Gasteiger partial charge on any atom is -0.452 e. The second kappa shape index (κ2) is 10.4.